The van der Waals surface area contributed by atoms with E-state index in [4.69, 9.17) is 4.74 Å². The van der Waals surface area contributed by atoms with Crippen molar-refractivity contribution in [2.45, 2.75) is 12.8 Å². The Bertz CT molecular complexity index is 393. The number of hydrogen-bond donors (Lipinski definition) is 0. The topological polar surface area (TPSA) is 9.23 Å². The Morgan fingerprint density at radius 3 is 3.00 bits per heavy atom. The lowest BCUT2D eigenvalue weighted by atomic mass is 10.1. The standard InChI is InChI=1S/C13H13BrO/c14-12-7-4-8-13(9-12)15-10-11-5-2-1-3-6-11/h1-2,4-5,7-9H,3,6,10H2. The van der Waals surface area contributed by atoms with Crippen LogP contribution >= 0.6 is 15.9 Å². The van der Waals surface area contributed by atoms with E-state index in [2.05, 4.69) is 34.2 Å². The summed E-state index contributed by atoms with van der Waals surface area (Å²) in [6.07, 6.45) is 8.67. The number of benzene rings is 1. The minimum Gasteiger partial charge on any atom is -0.489 e. The maximum Gasteiger partial charge on any atom is 0.120 e. The molecular weight excluding hydrogens is 252 g/mol. The summed E-state index contributed by atoms with van der Waals surface area (Å²) in [7, 11) is 0. The second-order valence-electron chi connectivity index (χ2n) is 3.54. The molecule has 1 aliphatic carbocycles. The number of hydrogen-bond acceptors (Lipinski definition) is 1. The third-order valence-electron chi connectivity index (χ3n) is 2.32. The van der Waals surface area contributed by atoms with Gasteiger partial charge in [-0.2, -0.15) is 0 Å². The van der Waals surface area contributed by atoms with Crippen LogP contribution in [-0.2, 0) is 0 Å². The summed E-state index contributed by atoms with van der Waals surface area (Å²) in [6.45, 7) is 0.695. The van der Waals surface area contributed by atoms with Crippen molar-refractivity contribution >= 4 is 15.9 Å². The molecule has 1 aromatic carbocycles. The van der Waals surface area contributed by atoms with Gasteiger partial charge in [0.1, 0.15) is 12.4 Å². The fraction of sp³-hybridized carbons (Fsp3) is 0.231. The van der Waals surface area contributed by atoms with Crippen LogP contribution in [0, 0.1) is 0 Å². The smallest absolute Gasteiger partial charge is 0.120 e. The van der Waals surface area contributed by atoms with Gasteiger partial charge in [0.15, 0.2) is 0 Å². The van der Waals surface area contributed by atoms with E-state index >= 15 is 0 Å². The zero-order valence-electron chi connectivity index (χ0n) is 8.45. The summed E-state index contributed by atoms with van der Waals surface area (Å²) in [5, 5.41) is 0. The van der Waals surface area contributed by atoms with Crippen molar-refractivity contribution < 1.29 is 4.74 Å². The monoisotopic (exact) mass is 264 g/mol. The number of rotatable bonds is 3. The van der Waals surface area contributed by atoms with Crippen LogP contribution in [0.4, 0.5) is 0 Å². The van der Waals surface area contributed by atoms with E-state index in [1.54, 1.807) is 0 Å². The number of ether oxygens (including phenoxy) is 1. The van der Waals surface area contributed by atoms with E-state index in [1.807, 2.05) is 24.3 Å². The molecule has 0 spiro atoms. The summed E-state index contributed by atoms with van der Waals surface area (Å²) in [5.74, 6) is 0.917. The molecule has 0 bridgehead atoms. The van der Waals surface area contributed by atoms with Crippen LogP contribution < -0.4 is 4.74 Å². The van der Waals surface area contributed by atoms with Gasteiger partial charge in [0.25, 0.3) is 0 Å². The molecule has 0 saturated carbocycles. The molecule has 0 radical (unpaired) electrons. The van der Waals surface area contributed by atoms with E-state index in [1.165, 1.54) is 5.57 Å². The lowest BCUT2D eigenvalue weighted by Gasteiger charge is -2.10. The summed E-state index contributed by atoms with van der Waals surface area (Å²) in [6, 6.07) is 7.94. The Hall–Kier alpha value is -1.02. The zero-order chi connectivity index (χ0) is 10.5. The normalized spacial score (nSPS) is 14.9. The first-order valence-electron chi connectivity index (χ1n) is 5.07. The van der Waals surface area contributed by atoms with Crippen molar-refractivity contribution in [2.24, 2.45) is 0 Å². The number of halogens is 1. The van der Waals surface area contributed by atoms with E-state index < -0.39 is 0 Å². The number of allylic oxidation sites excluding steroid dienone is 3. The van der Waals surface area contributed by atoms with E-state index in [0.29, 0.717) is 6.61 Å². The Balaban J connectivity index is 1.93. The van der Waals surface area contributed by atoms with Crippen LogP contribution in [-0.4, -0.2) is 6.61 Å². The van der Waals surface area contributed by atoms with Crippen molar-refractivity contribution in [3.8, 4) is 5.75 Å². The highest BCUT2D eigenvalue weighted by Crippen LogP contribution is 2.19. The lowest BCUT2D eigenvalue weighted by Crippen LogP contribution is -2.02. The van der Waals surface area contributed by atoms with Gasteiger partial charge in [-0.1, -0.05) is 40.2 Å². The van der Waals surface area contributed by atoms with Gasteiger partial charge in [0.2, 0.25) is 0 Å². The van der Waals surface area contributed by atoms with Crippen molar-refractivity contribution in [1.29, 1.82) is 0 Å². The van der Waals surface area contributed by atoms with E-state index in [9.17, 15) is 0 Å². The van der Waals surface area contributed by atoms with Gasteiger partial charge in [-0.3, -0.25) is 0 Å². The maximum absolute atomic E-state index is 5.69. The largest absolute Gasteiger partial charge is 0.489 e. The van der Waals surface area contributed by atoms with Crippen molar-refractivity contribution in [2.75, 3.05) is 6.61 Å². The molecule has 0 fully saturated rings. The molecule has 0 amide bonds. The maximum atomic E-state index is 5.69. The average molecular weight is 265 g/mol. The van der Waals surface area contributed by atoms with Crippen LogP contribution in [0.5, 0.6) is 5.75 Å². The van der Waals surface area contributed by atoms with Crippen molar-refractivity contribution in [3.05, 3.63) is 52.5 Å². The van der Waals surface area contributed by atoms with Crippen LogP contribution in [0.3, 0.4) is 0 Å². The summed E-state index contributed by atoms with van der Waals surface area (Å²) in [4.78, 5) is 0. The minimum atomic E-state index is 0.695. The molecule has 15 heavy (non-hydrogen) atoms. The second kappa shape index (κ2) is 5.17. The zero-order valence-corrected chi connectivity index (χ0v) is 10.0. The van der Waals surface area contributed by atoms with Gasteiger partial charge < -0.3 is 4.74 Å². The molecule has 0 aromatic heterocycles. The lowest BCUT2D eigenvalue weighted by molar-refractivity contribution is 0.347. The molecular formula is C13H13BrO. The molecule has 78 valence electrons. The van der Waals surface area contributed by atoms with Gasteiger partial charge in [-0.25, -0.2) is 0 Å². The van der Waals surface area contributed by atoms with Crippen LogP contribution in [0.25, 0.3) is 0 Å². The first-order chi connectivity index (χ1) is 7.34. The summed E-state index contributed by atoms with van der Waals surface area (Å²) < 4.78 is 6.75. The molecule has 0 unspecified atom stereocenters. The Kier molecular flexibility index (Phi) is 3.62. The Labute approximate surface area is 98.6 Å². The summed E-state index contributed by atoms with van der Waals surface area (Å²) in [5.41, 5.74) is 1.36. The van der Waals surface area contributed by atoms with Gasteiger partial charge in [0.05, 0.1) is 0 Å². The average Bonchev–Trinajstić information content (AvgIpc) is 2.28. The van der Waals surface area contributed by atoms with Crippen LogP contribution in [0.1, 0.15) is 12.8 Å². The molecule has 0 heterocycles. The van der Waals surface area contributed by atoms with Gasteiger partial charge in [-0.15, -0.1) is 0 Å². The van der Waals surface area contributed by atoms with E-state index in [0.717, 1.165) is 23.1 Å². The summed E-state index contributed by atoms with van der Waals surface area (Å²) >= 11 is 3.42. The molecule has 1 nitrogen and oxygen atoms in total. The van der Waals surface area contributed by atoms with Crippen molar-refractivity contribution in [3.63, 3.8) is 0 Å². The third-order valence-corrected chi connectivity index (χ3v) is 2.81. The highest BCUT2D eigenvalue weighted by atomic mass is 79.9. The van der Waals surface area contributed by atoms with Gasteiger partial charge in [-0.05, 0) is 36.6 Å². The molecule has 2 rings (SSSR count). The highest BCUT2D eigenvalue weighted by Gasteiger charge is 2.01. The Morgan fingerprint density at radius 2 is 2.27 bits per heavy atom. The van der Waals surface area contributed by atoms with Crippen LogP contribution in [0.2, 0.25) is 0 Å². The van der Waals surface area contributed by atoms with Gasteiger partial charge >= 0.3 is 0 Å². The SMILES string of the molecule is Brc1cccc(OCC2=CC=CCC2)c1. The minimum absolute atomic E-state index is 0.695. The molecule has 0 atom stereocenters. The highest BCUT2D eigenvalue weighted by molar-refractivity contribution is 9.10. The quantitative estimate of drug-likeness (QED) is 0.799. The molecule has 0 aliphatic heterocycles. The fourth-order valence-electron chi connectivity index (χ4n) is 1.51. The second-order valence-corrected chi connectivity index (χ2v) is 4.45. The fourth-order valence-corrected chi connectivity index (χ4v) is 1.88. The first-order valence-corrected chi connectivity index (χ1v) is 5.87. The molecule has 1 aliphatic rings. The first kappa shape index (κ1) is 10.5. The Morgan fingerprint density at radius 1 is 1.33 bits per heavy atom. The molecule has 2 heteroatoms. The predicted octanol–water partition coefficient (Wildman–Crippen LogP) is 4.10. The van der Waals surface area contributed by atoms with Crippen LogP contribution in [0.15, 0.2) is 52.5 Å². The molecule has 0 saturated heterocycles. The predicted molar refractivity (Wildman–Crippen MR) is 66.1 cm³/mol. The van der Waals surface area contributed by atoms with Crippen molar-refractivity contribution in [1.82, 2.24) is 0 Å². The molecule has 1 aromatic rings. The molecule has 0 N–H and O–H groups in total. The van der Waals surface area contributed by atoms with Gasteiger partial charge in [0, 0.05) is 4.47 Å². The van der Waals surface area contributed by atoms with E-state index in [-0.39, 0.29) is 0 Å². The third kappa shape index (κ3) is 3.24.